The van der Waals surface area contributed by atoms with Crippen molar-refractivity contribution in [1.29, 1.82) is 0 Å². The first-order chi connectivity index (χ1) is 5.91. The summed E-state index contributed by atoms with van der Waals surface area (Å²) in [6.07, 6.45) is 0. The average Bonchev–Trinajstić information content (AvgIpc) is 2.03. The van der Waals surface area contributed by atoms with Crippen LogP contribution >= 0.6 is 0 Å². The molecule has 0 aliphatic heterocycles. The molecule has 1 aromatic heterocycles. The van der Waals surface area contributed by atoms with Crippen molar-refractivity contribution in [1.82, 2.24) is 4.98 Å². The van der Waals surface area contributed by atoms with E-state index >= 15 is 0 Å². The monoisotopic (exact) mass is 186 g/mol. The van der Waals surface area contributed by atoms with E-state index in [0.717, 1.165) is 6.92 Å². The molecule has 13 heavy (non-hydrogen) atoms. The van der Waals surface area contributed by atoms with Crippen molar-refractivity contribution in [3.05, 3.63) is 29.6 Å². The molecule has 0 aliphatic rings. The molecule has 1 rings (SSSR count). The van der Waals surface area contributed by atoms with Gasteiger partial charge in [0, 0.05) is 13.0 Å². The second-order valence-electron chi connectivity index (χ2n) is 3.12. The van der Waals surface area contributed by atoms with Gasteiger partial charge in [-0.05, 0) is 19.1 Å². The molecular formula is C9H12F2N2. The molecule has 0 spiro atoms. The highest BCUT2D eigenvalue weighted by Gasteiger charge is 2.26. The number of alkyl halides is 2. The topological polar surface area (TPSA) is 38.9 Å². The van der Waals surface area contributed by atoms with Gasteiger partial charge in [0.2, 0.25) is 0 Å². The Labute approximate surface area is 75.8 Å². The fourth-order valence-corrected chi connectivity index (χ4v) is 0.950. The molecule has 1 unspecified atom stereocenters. The van der Waals surface area contributed by atoms with Gasteiger partial charge in [0.15, 0.2) is 0 Å². The summed E-state index contributed by atoms with van der Waals surface area (Å²) in [6, 6.07) is 4.16. The van der Waals surface area contributed by atoms with Crippen LogP contribution in [0.4, 0.5) is 8.78 Å². The molecule has 2 N–H and O–H groups in total. The smallest absolute Gasteiger partial charge is 0.286 e. The van der Waals surface area contributed by atoms with E-state index in [1.54, 1.807) is 19.1 Å². The molecule has 0 saturated carbocycles. The summed E-state index contributed by atoms with van der Waals surface area (Å²) in [4.78, 5) is 3.77. The van der Waals surface area contributed by atoms with E-state index in [4.69, 9.17) is 5.73 Å². The van der Waals surface area contributed by atoms with E-state index in [1.807, 2.05) is 0 Å². The van der Waals surface area contributed by atoms with Gasteiger partial charge in [-0.2, -0.15) is 8.78 Å². The lowest BCUT2D eigenvalue weighted by Crippen LogP contribution is -2.14. The van der Waals surface area contributed by atoms with Gasteiger partial charge in [-0.3, -0.25) is 0 Å². The molecule has 1 aromatic rings. The van der Waals surface area contributed by atoms with Crippen molar-refractivity contribution in [3.8, 4) is 0 Å². The van der Waals surface area contributed by atoms with E-state index < -0.39 is 5.92 Å². The van der Waals surface area contributed by atoms with Crippen LogP contribution in [0.2, 0.25) is 0 Å². The highest BCUT2D eigenvalue weighted by atomic mass is 19.3. The molecule has 1 heterocycles. The van der Waals surface area contributed by atoms with E-state index in [9.17, 15) is 8.78 Å². The van der Waals surface area contributed by atoms with Crippen molar-refractivity contribution in [2.75, 3.05) is 0 Å². The van der Waals surface area contributed by atoms with Gasteiger partial charge in [0.1, 0.15) is 5.69 Å². The van der Waals surface area contributed by atoms with E-state index in [-0.39, 0.29) is 11.7 Å². The minimum atomic E-state index is -2.90. The first-order valence-corrected chi connectivity index (χ1v) is 4.02. The second kappa shape index (κ2) is 3.38. The third-order valence-corrected chi connectivity index (χ3v) is 1.69. The Morgan fingerprint density at radius 3 is 2.54 bits per heavy atom. The Hall–Kier alpha value is -1.03. The Morgan fingerprint density at radius 2 is 2.08 bits per heavy atom. The summed E-state index contributed by atoms with van der Waals surface area (Å²) < 4.78 is 25.6. The molecule has 4 heteroatoms. The van der Waals surface area contributed by atoms with Crippen molar-refractivity contribution in [2.24, 2.45) is 5.73 Å². The van der Waals surface area contributed by atoms with Gasteiger partial charge in [-0.15, -0.1) is 0 Å². The van der Waals surface area contributed by atoms with Crippen LogP contribution < -0.4 is 5.73 Å². The number of nitrogens with two attached hydrogens (primary N) is 1. The predicted octanol–water partition coefficient (Wildman–Crippen LogP) is 2.21. The number of hydrogen-bond acceptors (Lipinski definition) is 2. The number of pyridine rings is 1. The quantitative estimate of drug-likeness (QED) is 0.769. The summed E-state index contributed by atoms with van der Waals surface area (Å²) >= 11 is 0. The van der Waals surface area contributed by atoms with Gasteiger partial charge >= 0.3 is 0 Å². The van der Waals surface area contributed by atoms with Crippen LogP contribution in [0.1, 0.15) is 31.3 Å². The Kier molecular flexibility index (Phi) is 2.61. The lowest BCUT2D eigenvalue weighted by molar-refractivity contribution is 0.0125. The molecule has 0 amide bonds. The van der Waals surface area contributed by atoms with Crippen LogP contribution in [0, 0.1) is 0 Å². The maximum atomic E-state index is 12.8. The normalized spacial score (nSPS) is 14.2. The largest absolute Gasteiger partial charge is 0.323 e. The Bertz CT molecular complexity index is 292. The summed E-state index contributed by atoms with van der Waals surface area (Å²) in [5, 5.41) is 0. The lowest BCUT2D eigenvalue weighted by Gasteiger charge is -2.11. The lowest BCUT2D eigenvalue weighted by atomic mass is 10.2. The predicted molar refractivity (Wildman–Crippen MR) is 46.4 cm³/mol. The molecule has 0 saturated heterocycles. The van der Waals surface area contributed by atoms with E-state index in [2.05, 4.69) is 4.98 Å². The zero-order valence-corrected chi connectivity index (χ0v) is 7.59. The highest BCUT2D eigenvalue weighted by Crippen LogP contribution is 2.25. The number of hydrogen-bond donors (Lipinski definition) is 1. The summed E-state index contributed by atoms with van der Waals surface area (Å²) in [6.45, 7) is 2.53. The molecule has 0 radical (unpaired) electrons. The van der Waals surface area contributed by atoms with Crippen molar-refractivity contribution >= 4 is 0 Å². The minimum absolute atomic E-state index is 0.234. The molecule has 2 nitrogen and oxygen atoms in total. The fourth-order valence-electron chi connectivity index (χ4n) is 0.950. The van der Waals surface area contributed by atoms with E-state index in [1.165, 1.54) is 6.07 Å². The van der Waals surface area contributed by atoms with Gasteiger partial charge in [0.05, 0.1) is 5.69 Å². The van der Waals surface area contributed by atoms with Gasteiger partial charge in [0.25, 0.3) is 5.92 Å². The van der Waals surface area contributed by atoms with Gasteiger partial charge in [-0.1, -0.05) is 6.07 Å². The SMILES string of the molecule is CC(N)c1cccc(C(C)(F)F)n1. The summed E-state index contributed by atoms with van der Waals surface area (Å²) in [7, 11) is 0. The number of aromatic nitrogens is 1. The van der Waals surface area contributed by atoms with Crippen LogP contribution in [-0.4, -0.2) is 4.98 Å². The molecule has 0 aliphatic carbocycles. The molecule has 0 aromatic carbocycles. The highest BCUT2D eigenvalue weighted by molar-refractivity contribution is 5.16. The second-order valence-corrected chi connectivity index (χ2v) is 3.12. The van der Waals surface area contributed by atoms with Crippen molar-refractivity contribution in [3.63, 3.8) is 0 Å². The molecule has 72 valence electrons. The van der Waals surface area contributed by atoms with E-state index in [0.29, 0.717) is 5.69 Å². The zero-order valence-electron chi connectivity index (χ0n) is 7.59. The van der Waals surface area contributed by atoms with Crippen LogP contribution in [-0.2, 0) is 5.92 Å². The third kappa shape index (κ3) is 2.45. The molecule has 0 bridgehead atoms. The first-order valence-electron chi connectivity index (χ1n) is 4.02. The first kappa shape index (κ1) is 10.1. The van der Waals surface area contributed by atoms with Crippen LogP contribution in [0.25, 0.3) is 0 Å². The van der Waals surface area contributed by atoms with Crippen LogP contribution in [0.5, 0.6) is 0 Å². The van der Waals surface area contributed by atoms with Gasteiger partial charge < -0.3 is 5.73 Å². The maximum absolute atomic E-state index is 12.8. The standard InChI is InChI=1S/C9H12F2N2/c1-6(12)7-4-3-5-8(13-7)9(2,10)11/h3-6H,12H2,1-2H3. The van der Waals surface area contributed by atoms with Crippen LogP contribution in [0.3, 0.4) is 0 Å². The summed E-state index contributed by atoms with van der Waals surface area (Å²) in [5.74, 6) is -2.90. The van der Waals surface area contributed by atoms with Crippen LogP contribution in [0.15, 0.2) is 18.2 Å². The number of nitrogens with zero attached hydrogens (tertiary/aromatic N) is 1. The fraction of sp³-hybridized carbons (Fsp3) is 0.444. The molecule has 1 atom stereocenters. The Balaban J connectivity index is 3.06. The van der Waals surface area contributed by atoms with Crippen molar-refractivity contribution in [2.45, 2.75) is 25.8 Å². The Morgan fingerprint density at radius 1 is 1.46 bits per heavy atom. The molecular weight excluding hydrogens is 174 g/mol. The third-order valence-electron chi connectivity index (χ3n) is 1.69. The van der Waals surface area contributed by atoms with Crippen molar-refractivity contribution < 1.29 is 8.78 Å². The maximum Gasteiger partial charge on any atom is 0.286 e. The molecule has 0 fully saturated rings. The zero-order chi connectivity index (χ0) is 10.1. The number of halogens is 2. The minimum Gasteiger partial charge on any atom is -0.323 e. The number of rotatable bonds is 2. The van der Waals surface area contributed by atoms with Gasteiger partial charge in [-0.25, -0.2) is 4.98 Å². The average molecular weight is 186 g/mol. The summed E-state index contributed by atoms with van der Waals surface area (Å²) in [5.41, 5.74) is 5.77.